The van der Waals surface area contributed by atoms with Gasteiger partial charge in [-0.25, -0.2) is 5.01 Å². The van der Waals surface area contributed by atoms with Crippen molar-refractivity contribution in [3.8, 4) is 5.75 Å². The molecule has 1 atom stereocenters. The number of rotatable bonds is 5. The molecule has 9 nitrogen and oxygen atoms in total. The lowest BCUT2D eigenvalue weighted by Gasteiger charge is -2.22. The van der Waals surface area contributed by atoms with Crippen LogP contribution >= 0.6 is 15.9 Å². The molecule has 0 radical (unpaired) electrons. The number of carbonyl (C=O) groups is 1. The molecular weight excluding hydrogens is 514 g/mol. The number of benzene rings is 3. The molecule has 0 unspecified atom stereocenters. The van der Waals surface area contributed by atoms with E-state index in [2.05, 4.69) is 26.1 Å². The maximum absolute atomic E-state index is 13.6. The highest BCUT2D eigenvalue weighted by atomic mass is 79.9. The molecule has 176 valence electrons. The number of aromatic nitrogens is 2. The fourth-order valence-corrected chi connectivity index (χ4v) is 4.62. The lowest BCUT2D eigenvalue weighted by Crippen LogP contribution is -2.28. The van der Waals surface area contributed by atoms with Gasteiger partial charge in [0.2, 0.25) is 5.69 Å². The predicted molar refractivity (Wildman–Crippen MR) is 134 cm³/mol. The Balaban J connectivity index is 1.62. The highest BCUT2D eigenvalue weighted by molar-refractivity contribution is 9.10. The third-order valence-corrected chi connectivity index (χ3v) is 6.51. The summed E-state index contributed by atoms with van der Waals surface area (Å²) < 4.78 is 2.07. The minimum atomic E-state index is -0.705. The summed E-state index contributed by atoms with van der Waals surface area (Å²) in [6, 6.07) is 18.1. The lowest BCUT2D eigenvalue weighted by atomic mass is 9.96. The summed E-state index contributed by atoms with van der Waals surface area (Å²) in [6.07, 6.45) is 1.55. The number of phenolic OH excluding ortho intramolecular Hbond substituents is 1. The summed E-state index contributed by atoms with van der Waals surface area (Å²) in [5.41, 5.74) is 1.26. The zero-order chi connectivity index (χ0) is 24.7. The number of nitro groups is 1. The van der Waals surface area contributed by atoms with Gasteiger partial charge in [0.1, 0.15) is 11.9 Å². The van der Waals surface area contributed by atoms with E-state index in [0.717, 1.165) is 20.8 Å². The molecule has 1 aromatic heterocycles. The van der Waals surface area contributed by atoms with Crippen molar-refractivity contribution in [2.75, 3.05) is 0 Å². The Morgan fingerprint density at radius 2 is 1.94 bits per heavy atom. The first kappa shape index (κ1) is 22.7. The van der Waals surface area contributed by atoms with Crippen LogP contribution < -0.4 is 0 Å². The number of hydrazone groups is 1. The SMILES string of the molecule is CCn1cc([N+](=O)[O-])c(C(=O)N2N=C(c3ccc4ccccc4c3)C[C@H]2c2cc(Br)ccc2O)n1. The summed E-state index contributed by atoms with van der Waals surface area (Å²) in [7, 11) is 0. The summed E-state index contributed by atoms with van der Waals surface area (Å²) in [4.78, 5) is 24.6. The average molecular weight is 534 g/mol. The van der Waals surface area contributed by atoms with Crippen molar-refractivity contribution >= 4 is 44.0 Å². The fourth-order valence-electron chi connectivity index (χ4n) is 4.24. The summed E-state index contributed by atoms with van der Waals surface area (Å²) in [5, 5.41) is 34.3. The molecule has 1 amide bonds. The minimum Gasteiger partial charge on any atom is -0.508 e. The first-order chi connectivity index (χ1) is 16.9. The van der Waals surface area contributed by atoms with Crippen LogP contribution in [0.1, 0.15) is 41.0 Å². The second kappa shape index (κ2) is 8.95. The number of fused-ring (bicyclic) bond motifs is 1. The molecule has 35 heavy (non-hydrogen) atoms. The van der Waals surface area contributed by atoms with E-state index in [-0.39, 0.29) is 17.1 Å². The average Bonchev–Trinajstić information content (AvgIpc) is 3.50. The van der Waals surface area contributed by atoms with Gasteiger partial charge >= 0.3 is 11.6 Å². The third kappa shape index (κ3) is 4.17. The van der Waals surface area contributed by atoms with Crippen molar-refractivity contribution in [2.24, 2.45) is 5.10 Å². The van der Waals surface area contributed by atoms with E-state index in [0.29, 0.717) is 24.2 Å². The van der Waals surface area contributed by atoms with Gasteiger partial charge in [-0.15, -0.1) is 0 Å². The Kier molecular flexibility index (Phi) is 5.81. The Bertz CT molecular complexity index is 1510. The number of phenols is 1. The van der Waals surface area contributed by atoms with Crippen molar-refractivity contribution in [1.82, 2.24) is 14.8 Å². The Labute approximate surface area is 208 Å². The normalized spacial score (nSPS) is 15.4. The first-order valence-corrected chi connectivity index (χ1v) is 11.8. The molecule has 2 heterocycles. The van der Waals surface area contributed by atoms with E-state index in [1.54, 1.807) is 19.1 Å². The molecule has 0 saturated carbocycles. The molecule has 0 aliphatic carbocycles. The zero-order valence-corrected chi connectivity index (χ0v) is 20.2. The zero-order valence-electron chi connectivity index (χ0n) is 18.6. The molecule has 0 saturated heterocycles. The molecule has 1 aliphatic rings. The van der Waals surface area contributed by atoms with Gasteiger partial charge in [-0.3, -0.25) is 19.6 Å². The number of hydrogen-bond acceptors (Lipinski definition) is 6. The molecular formula is C25H20BrN5O4. The molecule has 10 heteroatoms. The van der Waals surface area contributed by atoms with Crippen molar-refractivity contribution < 1.29 is 14.8 Å². The number of hydrogen-bond donors (Lipinski definition) is 1. The maximum Gasteiger partial charge on any atom is 0.320 e. The fraction of sp³-hybridized carbons (Fsp3) is 0.160. The Morgan fingerprint density at radius 1 is 1.17 bits per heavy atom. The predicted octanol–water partition coefficient (Wildman–Crippen LogP) is 5.42. The van der Waals surface area contributed by atoms with E-state index in [9.17, 15) is 20.0 Å². The van der Waals surface area contributed by atoms with Crippen molar-refractivity contribution in [3.63, 3.8) is 0 Å². The van der Waals surface area contributed by atoms with Gasteiger partial charge in [-0.1, -0.05) is 52.3 Å². The van der Waals surface area contributed by atoms with Crippen LogP contribution in [0.2, 0.25) is 0 Å². The summed E-state index contributed by atoms with van der Waals surface area (Å²) in [6.45, 7) is 2.15. The van der Waals surface area contributed by atoms with E-state index in [1.165, 1.54) is 22.0 Å². The Hall–Kier alpha value is -4.05. The van der Waals surface area contributed by atoms with Gasteiger partial charge in [0.15, 0.2) is 0 Å². The topological polar surface area (TPSA) is 114 Å². The van der Waals surface area contributed by atoms with Crippen LogP contribution in [0, 0.1) is 10.1 Å². The third-order valence-electron chi connectivity index (χ3n) is 6.02. The molecule has 5 rings (SSSR count). The van der Waals surface area contributed by atoms with Crippen LogP contribution in [-0.2, 0) is 6.54 Å². The summed E-state index contributed by atoms with van der Waals surface area (Å²) >= 11 is 3.42. The van der Waals surface area contributed by atoms with Crippen LogP contribution in [0.4, 0.5) is 5.69 Å². The van der Waals surface area contributed by atoms with E-state index in [4.69, 9.17) is 0 Å². The molecule has 3 aromatic carbocycles. The standard InChI is InChI=1S/C25H20BrN5O4/c1-2-29-14-22(31(34)35)24(28-29)25(33)30-21(19-12-18(26)9-10-23(19)32)13-20(27-30)17-8-7-15-5-3-4-6-16(15)11-17/h3-12,14,21,32H,2,13H2,1H3/t21-/m0/s1. The second-order valence-corrected chi connectivity index (χ2v) is 9.07. The monoisotopic (exact) mass is 533 g/mol. The molecule has 4 aromatic rings. The maximum atomic E-state index is 13.6. The van der Waals surface area contributed by atoms with Crippen molar-refractivity contribution in [2.45, 2.75) is 25.9 Å². The molecule has 0 bridgehead atoms. The quantitative estimate of drug-likeness (QED) is 0.271. The number of aromatic hydroxyl groups is 1. The molecule has 1 aliphatic heterocycles. The molecule has 1 N–H and O–H groups in total. The lowest BCUT2D eigenvalue weighted by molar-refractivity contribution is -0.385. The largest absolute Gasteiger partial charge is 0.508 e. The molecule has 0 fully saturated rings. The van der Waals surface area contributed by atoms with Crippen LogP contribution in [-0.4, -0.2) is 36.4 Å². The van der Waals surface area contributed by atoms with E-state index in [1.807, 2.05) is 42.5 Å². The highest BCUT2D eigenvalue weighted by Crippen LogP contribution is 2.40. The number of aryl methyl sites for hydroxylation is 1. The van der Waals surface area contributed by atoms with Crippen LogP contribution in [0.25, 0.3) is 10.8 Å². The molecule has 0 spiro atoms. The smallest absolute Gasteiger partial charge is 0.320 e. The highest BCUT2D eigenvalue weighted by Gasteiger charge is 2.39. The second-order valence-electron chi connectivity index (χ2n) is 8.16. The van der Waals surface area contributed by atoms with Crippen LogP contribution in [0.15, 0.2) is 76.4 Å². The number of halogens is 1. The first-order valence-electron chi connectivity index (χ1n) is 11.0. The van der Waals surface area contributed by atoms with Crippen molar-refractivity contribution in [3.05, 3.63) is 98.3 Å². The van der Waals surface area contributed by atoms with E-state index < -0.39 is 16.9 Å². The van der Waals surface area contributed by atoms with Gasteiger partial charge in [-0.2, -0.15) is 10.2 Å². The van der Waals surface area contributed by atoms with Gasteiger partial charge < -0.3 is 5.11 Å². The Morgan fingerprint density at radius 3 is 2.69 bits per heavy atom. The van der Waals surface area contributed by atoms with Crippen LogP contribution in [0.5, 0.6) is 5.75 Å². The minimum absolute atomic E-state index is 0.000418. The van der Waals surface area contributed by atoms with Gasteiger partial charge in [0, 0.05) is 23.0 Å². The van der Waals surface area contributed by atoms with Gasteiger partial charge in [0.05, 0.1) is 16.7 Å². The van der Waals surface area contributed by atoms with Gasteiger partial charge in [0.25, 0.3) is 0 Å². The number of amides is 1. The van der Waals surface area contributed by atoms with Crippen molar-refractivity contribution in [1.29, 1.82) is 0 Å². The van der Waals surface area contributed by atoms with Gasteiger partial charge in [-0.05, 0) is 47.5 Å². The number of nitrogens with zero attached hydrogens (tertiary/aromatic N) is 5. The number of carbonyl (C=O) groups excluding carboxylic acids is 1. The van der Waals surface area contributed by atoms with E-state index >= 15 is 0 Å². The van der Waals surface area contributed by atoms with Crippen LogP contribution in [0.3, 0.4) is 0 Å². The summed E-state index contributed by atoms with van der Waals surface area (Å²) in [5.74, 6) is -0.705.